The molecule has 2 rings (SSSR count). The Morgan fingerprint density at radius 2 is 2.24 bits per heavy atom. The molecule has 1 N–H and O–H groups in total. The molecule has 1 saturated carbocycles. The highest BCUT2D eigenvalue weighted by Gasteiger charge is 2.42. The van der Waals surface area contributed by atoms with Crippen molar-refractivity contribution in [3.63, 3.8) is 0 Å². The van der Waals surface area contributed by atoms with Gasteiger partial charge in [0.2, 0.25) is 0 Å². The lowest BCUT2D eigenvalue weighted by Gasteiger charge is -2.42. The molecule has 1 saturated heterocycles. The van der Waals surface area contributed by atoms with Gasteiger partial charge in [0.25, 0.3) is 0 Å². The summed E-state index contributed by atoms with van der Waals surface area (Å²) < 4.78 is 11.2. The predicted molar refractivity (Wildman–Crippen MR) is 82.3 cm³/mol. The van der Waals surface area contributed by atoms with Gasteiger partial charge in [-0.1, -0.05) is 6.92 Å². The third-order valence-electron chi connectivity index (χ3n) is 4.61. The minimum atomic E-state index is -0.628. The fraction of sp³-hybridized carbons (Fsp3) is 0.938. The molecule has 0 aromatic heterocycles. The zero-order chi connectivity index (χ0) is 15.3. The summed E-state index contributed by atoms with van der Waals surface area (Å²) in [5, 5.41) is 3.40. The van der Waals surface area contributed by atoms with Gasteiger partial charge in [-0.05, 0) is 46.1 Å². The summed E-state index contributed by atoms with van der Waals surface area (Å²) in [4.78, 5) is 14.8. The van der Waals surface area contributed by atoms with Crippen LogP contribution in [0.1, 0.15) is 46.5 Å². The molecule has 0 spiro atoms. The molecule has 1 heterocycles. The molecule has 1 aliphatic heterocycles. The number of rotatable bonds is 7. The van der Waals surface area contributed by atoms with Gasteiger partial charge in [-0.15, -0.1) is 0 Å². The van der Waals surface area contributed by atoms with Crippen LogP contribution < -0.4 is 5.32 Å². The molecule has 122 valence electrons. The molecular formula is C16H30N2O3. The number of morpholine rings is 1. The Morgan fingerprint density at radius 3 is 2.95 bits per heavy atom. The highest BCUT2D eigenvalue weighted by Crippen LogP contribution is 2.30. The standard InChI is InChI=1S/C16H30N2O3/c1-4-9-17-16(3,15(19)20-5-2)12-18-10-11-21-14-8-6-7-13(14)18/h13-14,17H,4-12H2,1-3H3. The van der Waals surface area contributed by atoms with Gasteiger partial charge in [0.05, 0.1) is 19.3 Å². The first-order chi connectivity index (χ1) is 10.1. The number of nitrogens with one attached hydrogen (secondary N) is 1. The van der Waals surface area contributed by atoms with E-state index in [1.54, 1.807) is 0 Å². The van der Waals surface area contributed by atoms with Gasteiger partial charge in [0, 0.05) is 19.1 Å². The van der Waals surface area contributed by atoms with Gasteiger partial charge in [-0.3, -0.25) is 9.69 Å². The van der Waals surface area contributed by atoms with Gasteiger partial charge in [-0.25, -0.2) is 0 Å². The van der Waals surface area contributed by atoms with Crippen molar-refractivity contribution in [2.75, 3.05) is 32.8 Å². The number of nitrogens with zero attached hydrogens (tertiary/aromatic N) is 1. The zero-order valence-electron chi connectivity index (χ0n) is 13.7. The van der Waals surface area contributed by atoms with Gasteiger partial charge < -0.3 is 14.8 Å². The molecule has 2 aliphatic rings. The van der Waals surface area contributed by atoms with Crippen molar-refractivity contribution in [2.45, 2.75) is 64.1 Å². The summed E-state index contributed by atoms with van der Waals surface area (Å²) in [5.41, 5.74) is -0.628. The molecule has 0 bridgehead atoms. The van der Waals surface area contributed by atoms with Crippen molar-refractivity contribution in [1.29, 1.82) is 0 Å². The first-order valence-electron chi connectivity index (χ1n) is 8.38. The predicted octanol–water partition coefficient (Wildman–Crippen LogP) is 1.56. The second kappa shape index (κ2) is 7.56. The molecule has 0 radical (unpaired) electrons. The monoisotopic (exact) mass is 298 g/mol. The topological polar surface area (TPSA) is 50.8 Å². The Morgan fingerprint density at radius 1 is 1.43 bits per heavy atom. The van der Waals surface area contributed by atoms with Crippen LogP contribution in [-0.2, 0) is 14.3 Å². The third kappa shape index (κ3) is 3.96. The van der Waals surface area contributed by atoms with Gasteiger partial charge >= 0.3 is 5.97 Å². The maximum atomic E-state index is 12.4. The molecule has 0 aromatic rings. The van der Waals surface area contributed by atoms with Gasteiger partial charge in [-0.2, -0.15) is 0 Å². The van der Waals surface area contributed by atoms with E-state index in [9.17, 15) is 4.79 Å². The van der Waals surface area contributed by atoms with E-state index >= 15 is 0 Å². The van der Waals surface area contributed by atoms with E-state index in [1.807, 2.05) is 13.8 Å². The summed E-state index contributed by atoms with van der Waals surface area (Å²) in [6.45, 7) is 9.58. The molecule has 0 amide bonds. The summed E-state index contributed by atoms with van der Waals surface area (Å²) in [7, 11) is 0. The Hall–Kier alpha value is -0.650. The van der Waals surface area contributed by atoms with E-state index in [2.05, 4.69) is 17.1 Å². The van der Waals surface area contributed by atoms with Crippen LogP contribution >= 0.6 is 0 Å². The summed E-state index contributed by atoms with van der Waals surface area (Å²) >= 11 is 0. The van der Waals surface area contributed by atoms with Crippen LogP contribution in [0.5, 0.6) is 0 Å². The Kier molecular flexibility index (Phi) is 6.02. The largest absolute Gasteiger partial charge is 0.465 e. The molecule has 1 aliphatic carbocycles. The van der Waals surface area contributed by atoms with Crippen molar-refractivity contribution < 1.29 is 14.3 Å². The van der Waals surface area contributed by atoms with E-state index in [0.29, 0.717) is 25.3 Å². The van der Waals surface area contributed by atoms with Crippen molar-refractivity contribution >= 4 is 5.97 Å². The SMILES string of the molecule is CCCNC(C)(CN1CCOC2CCCC21)C(=O)OCC. The first-order valence-corrected chi connectivity index (χ1v) is 8.38. The highest BCUT2D eigenvalue weighted by molar-refractivity contribution is 5.80. The zero-order valence-corrected chi connectivity index (χ0v) is 13.7. The maximum Gasteiger partial charge on any atom is 0.327 e. The number of esters is 1. The van der Waals surface area contributed by atoms with Crippen LogP contribution in [-0.4, -0.2) is 61.4 Å². The molecule has 3 atom stereocenters. The second-order valence-electron chi connectivity index (χ2n) is 6.36. The molecule has 5 nitrogen and oxygen atoms in total. The van der Waals surface area contributed by atoms with E-state index in [0.717, 1.165) is 32.5 Å². The van der Waals surface area contributed by atoms with Crippen LogP contribution in [0.4, 0.5) is 0 Å². The number of ether oxygens (including phenoxy) is 2. The van der Waals surface area contributed by atoms with Gasteiger partial charge in [0.1, 0.15) is 5.54 Å². The number of hydrogen-bond acceptors (Lipinski definition) is 5. The van der Waals surface area contributed by atoms with Crippen LogP contribution in [0.25, 0.3) is 0 Å². The quantitative estimate of drug-likeness (QED) is 0.723. The molecule has 0 aromatic carbocycles. The van der Waals surface area contributed by atoms with Crippen molar-refractivity contribution in [3.05, 3.63) is 0 Å². The van der Waals surface area contributed by atoms with Crippen LogP contribution in [0.3, 0.4) is 0 Å². The minimum absolute atomic E-state index is 0.139. The average Bonchev–Trinajstić information content (AvgIpc) is 2.95. The maximum absolute atomic E-state index is 12.4. The Bertz CT molecular complexity index is 350. The summed E-state index contributed by atoms with van der Waals surface area (Å²) in [6, 6.07) is 0.468. The van der Waals surface area contributed by atoms with Crippen LogP contribution in [0.15, 0.2) is 0 Å². The minimum Gasteiger partial charge on any atom is -0.465 e. The van der Waals surface area contributed by atoms with Gasteiger partial charge in [0.15, 0.2) is 0 Å². The number of carbonyl (C=O) groups is 1. The third-order valence-corrected chi connectivity index (χ3v) is 4.61. The van der Waals surface area contributed by atoms with Crippen LogP contribution in [0.2, 0.25) is 0 Å². The molecule has 5 heteroatoms. The van der Waals surface area contributed by atoms with Crippen molar-refractivity contribution in [1.82, 2.24) is 10.2 Å². The van der Waals surface area contributed by atoms with E-state index in [1.165, 1.54) is 12.8 Å². The molecular weight excluding hydrogens is 268 g/mol. The van der Waals surface area contributed by atoms with Crippen LogP contribution in [0, 0.1) is 0 Å². The lowest BCUT2D eigenvalue weighted by molar-refractivity contribution is -0.153. The van der Waals surface area contributed by atoms with Crippen molar-refractivity contribution in [2.24, 2.45) is 0 Å². The summed E-state index contributed by atoms with van der Waals surface area (Å²) in [5.74, 6) is -0.139. The normalized spacial score (nSPS) is 28.9. The number of hydrogen-bond donors (Lipinski definition) is 1. The first kappa shape index (κ1) is 16.7. The lowest BCUT2D eigenvalue weighted by Crippen LogP contribution is -2.61. The fourth-order valence-electron chi connectivity index (χ4n) is 3.49. The number of carbonyl (C=O) groups excluding carboxylic acids is 1. The average molecular weight is 298 g/mol. The van der Waals surface area contributed by atoms with Crippen molar-refractivity contribution in [3.8, 4) is 0 Å². The van der Waals surface area contributed by atoms with E-state index in [4.69, 9.17) is 9.47 Å². The molecule has 3 unspecified atom stereocenters. The lowest BCUT2D eigenvalue weighted by atomic mass is 9.99. The highest BCUT2D eigenvalue weighted by atomic mass is 16.5. The smallest absolute Gasteiger partial charge is 0.327 e. The second-order valence-corrected chi connectivity index (χ2v) is 6.36. The summed E-state index contributed by atoms with van der Waals surface area (Å²) in [6.07, 6.45) is 4.92. The van der Waals surface area contributed by atoms with E-state index in [-0.39, 0.29) is 5.97 Å². The fourth-order valence-corrected chi connectivity index (χ4v) is 3.49. The number of fused-ring (bicyclic) bond motifs is 1. The Balaban J connectivity index is 2.04. The van der Waals surface area contributed by atoms with E-state index < -0.39 is 5.54 Å². The molecule has 21 heavy (non-hydrogen) atoms. The Labute approximate surface area is 128 Å². The molecule has 2 fully saturated rings.